The molecule has 6 heteroatoms. The minimum atomic E-state index is -4.66. The Balaban J connectivity index is 2.79. The molecular formula is C8H5F3OS2. The summed E-state index contributed by atoms with van der Waals surface area (Å²) < 4.78 is 39.2. The maximum atomic E-state index is 11.7. The molecule has 0 heterocycles. The highest BCUT2D eigenvalue weighted by Gasteiger charge is 2.30. The number of thiol groups is 1. The Morgan fingerprint density at radius 3 is 2.07 bits per heavy atom. The number of hydrogen-bond acceptors (Lipinski definition) is 2. The highest BCUT2D eigenvalue weighted by atomic mass is 32.1. The minimum absolute atomic E-state index is 0.272. The average molecular weight is 238 g/mol. The molecule has 0 saturated heterocycles. The molecule has 0 atom stereocenters. The molecule has 0 bridgehead atoms. The molecule has 1 aromatic carbocycles. The van der Waals surface area contributed by atoms with E-state index in [0.717, 1.165) is 0 Å². The van der Waals surface area contributed by atoms with Crippen molar-refractivity contribution < 1.29 is 17.9 Å². The van der Waals surface area contributed by atoms with Crippen LogP contribution in [-0.4, -0.2) is 10.6 Å². The normalized spacial score (nSPS) is 11.1. The minimum Gasteiger partial charge on any atom is -0.406 e. The van der Waals surface area contributed by atoms with Crippen LogP contribution < -0.4 is 4.74 Å². The lowest BCUT2D eigenvalue weighted by Gasteiger charge is -2.08. The van der Waals surface area contributed by atoms with Gasteiger partial charge in [0.25, 0.3) is 0 Å². The fourth-order valence-electron chi connectivity index (χ4n) is 0.799. The van der Waals surface area contributed by atoms with E-state index in [9.17, 15) is 13.2 Å². The Morgan fingerprint density at radius 2 is 1.71 bits per heavy atom. The Kier molecular flexibility index (Phi) is 3.38. The predicted molar refractivity (Wildman–Crippen MR) is 53.8 cm³/mol. The van der Waals surface area contributed by atoms with Gasteiger partial charge in [-0.25, -0.2) is 0 Å². The zero-order chi connectivity index (χ0) is 10.8. The van der Waals surface area contributed by atoms with Crippen LogP contribution in [0.5, 0.6) is 5.75 Å². The van der Waals surface area contributed by atoms with Crippen molar-refractivity contribution in [2.24, 2.45) is 0 Å². The van der Waals surface area contributed by atoms with E-state index >= 15 is 0 Å². The van der Waals surface area contributed by atoms with Crippen molar-refractivity contribution in [1.29, 1.82) is 0 Å². The van der Waals surface area contributed by atoms with Gasteiger partial charge in [-0.15, -0.1) is 25.8 Å². The summed E-state index contributed by atoms with van der Waals surface area (Å²) in [5.74, 6) is -0.272. The summed E-state index contributed by atoms with van der Waals surface area (Å²) in [4.78, 5) is 0. The third-order valence-corrected chi connectivity index (χ3v) is 1.83. The molecule has 0 aliphatic rings. The highest BCUT2D eigenvalue weighted by Crippen LogP contribution is 2.23. The van der Waals surface area contributed by atoms with Crippen LogP contribution in [0.2, 0.25) is 0 Å². The van der Waals surface area contributed by atoms with Gasteiger partial charge in [0.05, 0.1) is 4.20 Å². The number of halogens is 3. The number of benzene rings is 1. The lowest BCUT2D eigenvalue weighted by Crippen LogP contribution is -2.17. The number of rotatable bonds is 2. The van der Waals surface area contributed by atoms with Gasteiger partial charge in [0.15, 0.2) is 0 Å². The van der Waals surface area contributed by atoms with Gasteiger partial charge in [0.1, 0.15) is 5.75 Å². The van der Waals surface area contributed by atoms with Crippen molar-refractivity contribution in [2.45, 2.75) is 6.36 Å². The highest BCUT2D eigenvalue weighted by molar-refractivity contribution is 8.11. The largest absolute Gasteiger partial charge is 0.573 e. The van der Waals surface area contributed by atoms with E-state index in [4.69, 9.17) is 12.2 Å². The lowest BCUT2D eigenvalue weighted by molar-refractivity contribution is -0.274. The van der Waals surface area contributed by atoms with Gasteiger partial charge in [0.2, 0.25) is 0 Å². The smallest absolute Gasteiger partial charge is 0.406 e. The quantitative estimate of drug-likeness (QED) is 0.626. The topological polar surface area (TPSA) is 9.23 Å². The van der Waals surface area contributed by atoms with Gasteiger partial charge in [-0.2, -0.15) is 0 Å². The molecule has 0 unspecified atom stereocenters. The first-order valence-corrected chi connectivity index (χ1v) is 4.33. The van der Waals surface area contributed by atoms with Crippen LogP contribution in [0.1, 0.15) is 5.56 Å². The van der Waals surface area contributed by atoms with Crippen LogP contribution in [0.4, 0.5) is 13.2 Å². The van der Waals surface area contributed by atoms with Crippen LogP contribution in [0, 0.1) is 0 Å². The monoisotopic (exact) mass is 238 g/mol. The van der Waals surface area contributed by atoms with E-state index in [1.54, 1.807) is 0 Å². The van der Waals surface area contributed by atoms with Crippen LogP contribution in [-0.2, 0) is 0 Å². The van der Waals surface area contributed by atoms with Crippen LogP contribution in [0.3, 0.4) is 0 Å². The molecule has 0 spiro atoms. The molecule has 0 saturated carbocycles. The van der Waals surface area contributed by atoms with Crippen molar-refractivity contribution in [3.05, 3.63) is 29.8 Å². The van der Waals surface area contributed by atoms with Gasteiger partial charge < -0.3 is 4.74 Å². The van der Waals surface area contributed by atoms with Crippen molar-refractivity contribution in [1.82, 2.24) is 0 Å². The fourth-order valence-corrected chi connectivity index (χ4v) is 1.08. The summed E-state index contributed by atoms with van der Waals surface area (Å²) >= 11 is 8.59. The summed E-state index contributed by atoms with van der Waals surface area (Å²) in [5, 5.41) is 0. The van der Waals surface area contributed by atoms with Crippen molar-refractivity contribution >= 4 is 29.0 Å². The second-order valence-corrected chi connectivity index (χ2v) is 3.54. The lowest BCUT2D eigenvalue weighted by atomic mass is 10.2. The second-order valence-electron chi connectivity index (χ2n) is 2.38. The van der Waals surface area contributed by atoms with E-state index in [1.807, 2.05) is 0 Å². The molecule has 14 heavy (non-hydrogen) atoms. The SMILES string of the molecule is FC(F)(F)Oc1ccc(C(=S)S)cc1. The molecule has 1 nitrogen and oxygen atoms in total. The fraction of sp³-hybridized carbons (Fsp3) is 0.125. The molecule has 0 aliphatic heterocycles. The van der Waals surface area contributed by atoms with E-state index < -0.39 is 6.36 Å². The molecule has 1 aromatic rings. The Morgan fingerprint density at radius 1 is 1.21 bits per heavy atom. The molecular weight excluding hydrogens is 233 g/mol. The molecule has 1 rings (SSSR count). The van der Waals surface area contributed by atoms with Crippen molar-refractivity contribution in [2.75, 3.05) is 0 Å². The van der Waals surface area contributed by atoms with Crippen LogP contribution >= 0.6 is 24.8 Å². The molecule has 0 aromatic heterocycles. The standard InChI is InChI=1S/C8H5F3OS2/c9-8(10,11)12-6-3-1-5(2-4-6)7(13)14/h1-4H,(H,13,14). The summed E-state index contributed by atoms with van der Waals surface area (Å²) in [5.41, 5.74) is 0.581. The summed E-state index contributed by atoms with van der Waals surface area (Å²) in [7, 11) is 0. The molecule has 76 valence electrons. The Hall–Kier alpha value is -0.750. The van der Waals surface area contributed by atoms with E-state index in [0.29, 0.717) is 9.76 Å². The summed E-state index contributed by atoms with van der Waals surface area (Å²) in [6.45, 7) is 0. The zero-order valence-corrected chi connectivity index (χ0v) is 8.42. The van der Waals surface area contributed by atoms with Crippen LogP contribution in [0.15, 0.2) is 24.3 Å². The van der Waals surface area contributed by atoms with Crippen molar-refractivity contribution in [3.8, 4) is 5.75 Å². The maximum Gasteiger partial charge on any atom is 0.573 e. The van der Waals surface area contributed by atoms with Gasteiger partial charge in [-0.3, -0.25) is 0 Å². The van der Waals surface area contributed by atoms with Gasteiger partial charge >= 0.3 is 6.36 Å². The van der Waals surface area contributed by atoms with Crippen LogP contribution in [0.25, 0.3) is 0 Å². The van der Waals surface area contributed by atoms with Gasteiger partial charge in [0, 0.05) is 0 Å². The van der Waals surface area contributed by atoms with Crippen molar-refractivity contribution in [3.63, 3.8) is 0 Å². The third kappa shape index (κ3) is 3.55. The first kappa shape index (κ1) is 11.3. The Bertz CT molecular complexity index is 331. The number of thiocarbonyl (C=S) groups is 1. The first-order valence-electron chi connectivity index (χ1n) is 3.47. The number of hydrogen-bond donors (Lipinski definition) is 1. The van der Waals surface area contributed by atoms with E-state index in [-0.39, 0.29) is 5.75 Å². The third-order valence-electron chi connectivity index (χ3n) is 1.33. The van der Waals surface area contributed by atoms with Gasteiger partial charge in [-0.05, 0) is 29.8 Å². The first-order chi connectivity index (χ1) is 6.38. The Labute approximate surface area is 89.3 Å². The molecule has 0 N–H and O–H groups in total. The van der Waals surface area contributed by atoms with E-state index in [2.05, 4.69) is 17.4 Å². The summed E-state index contributed by atoms with van der Waals surface area (Å²) in [6.07, 6.45) is -4.66. The zero-order valence-electron chi connectivity index (χ0n) is 6.71. The van der Waals surface area contributed by atoms with E-state index in [1.165, 1.54) is 24.3 Å². The average Bonchev–Trinajstić information content (AvgIpc) is 2.02. The molecule has 0 aliphatic carbocycles. The number of ether oxygens (including phenoxy) is 1. The summed E-state index contributed by atoms with van der Waals surface area (Å²) in [6, 6.07) is 5.20. The maximum absolute atomic E-state index is 11.7. The molecule has 0 radical (unpaired) electrons. The predicted octanol–water partition coefficient (Wildman–Crippen LogP) is 3.19. The molecule has 0 amide bonds. The number of alkyl halides is 3. The molecule has 0 fully saturated rings. The van der Waals surface area contributed by atoms with Gasteiger partial charge in [-0.1, -0.05) is 12.2 Å². The second kappa shape index (κ2) is 4.18.